The maximum atomic E-state index is 11.7. The van der Waals surface area contributed by atoms with Crippen LogP contribution in [0.5, 0.6) is 0 Å². The molecule has 0 amide bonds. The first-order chi connectivity index (χ1) is 6.75. The molecule has 2 heteroatoms. The number of unbranched alkanes of at least 4 members (excludes halogenated alkanes) is 1. The van der Waals surface area contributed by atoms with E-state index in [9.17, 15) is 4.79 Å². The first kappa shape index (κ1) is 10.3. The Kier molecular flexibility index (Phi) is 3.01. The van der Waals surface area contributed by atoms with E-state index in [2.05, 4.69) is 19.3 Å². The lowest BCUT2D eigenvalue weighted by Gasteiger charge is -2.02. The normalized spacial score (nSPS) is 37.7. The lowest BCUT2D eigenvalue weighted by atomic mass is 10.0. The number of rotatable bonds is 4. The lowest BCUT2D eigenvalue weighted by Crippen LogP contribution is -2.08. The topological polar surface area (TPSA) is 17.1 Å². The van der Waals surface area contributed by atoms with Gasteiger partial charge >= 0.3 is 0 Å². The third kappa shape index (κ3) is 1.77. The molecule has 3 atom stereocenters. The van der Waals surface area contributed by atoms with Crippen LogP contribution in [-0.4, -0.2) is 11.5 Å². The molecule has 0 saturated heterocycles. The maximum absolute atomic E-state index is 11.7. The second-order valence-corrected chi connectivity index (χ2v) is 5.43. The van der Waals surface area contributed by atoms with Gasteiger partial charge in [-0.05, 0) is 35.8 Å². The van der Waals surface area contributed by atoms with Crippen LogP contribution in [0.25, 0.3) is 0 Å². The first-order valence-electron chi connectivity index (χ1n) is 5.61. The molecule has 0 aromatic carbocycles. The van der Waals surface area contributed by atoms with Gasteiger partial charge in [-0.15, -0.1) is 11.8 Å². The van der Waals surface area contributed by atoms with Gasteiger partial charge in [-0.3, -0.25) is 4.79 Å². The number of hydrogen-bond acceptors (Lipinski definition) is 2. The Hall–Kier alpha value is -0.240. The highest BCUT2D eigenvalue weighted by molar-refractivity contribution is 8.02. The molecule has 3 unspecified atom stereocenters. The fourth-order valence-electron chi connectivity index (χ4n) is 2.29. The number of allylic oxidation sites excluding steroid dienone is 1. The van der Waals surface area contributed by atoms with Crippen molar-refractivity contribution < 1.29 is 4.79 Å². The van der Waals surface area contributed by atoms with E-state index in [1.807, 2.05) is 11.8 Å². The van der Waals surface area contributed by atoms with Crippen molar-refractivity contribution in [2.45, 2.75) is 33.1 Å². The van der Waals surface area contributed by atoms with Crippen LogP contribution in [0.2, 0.25) is 0 Å². The van der Waals surface area contributed by atoms with Gasteiger partial charge in [0.2, 0.25) is 0 Å². The Morgan fingerprint density at radius 3 is 2.93 bits per heavy atom. The first-order valence-corrected chi connectivity index (χ1v) is 6.66. The predicted molar refractivity (Wildman–Crippen MR) is 61.2 cm³/mol. The number of ketones is 1. The molecule has 2 aliphatic rings. The van der Waals surface area contributed by atoms with E-state index >= 15 is 0 Å². The molecule has 0 radical (unpaired) electrons. The summed E-state index contributed by atoms with van der Waals surface area (Å²) in [6.07, 6.45) is 3.77. The second-order valence-electron chi connectivity index (χ2n) is 4.46. The minimum absolute atomic E-state index is 0.318. The number of fused-ring (bicyclic) bond motifs is 1. The summed E-state index contributed by atoms with van der Waals surface area (Å²) in [6.45, 7) is 4.29. The zero-order valence-electron chi connectivity index (χ0n) is 8.95. The molecule has 2 fully saturated rings. The molecular formula is C12H18OS. The van der Waals surface area contributed by atoms with Crippen molar-refractivity contribution >= 4 is 17.5 Å². The number of Topliss-reactive ketones (excluding diaryl/α,β-unsaturated/α-hetero) is 1. The quantitative estimate of drug-likeness (QED) is 0.523. The molecule has 0 aromatic heterocycles. The van der Waals surface area contributed by atoms with Crippen molar-refractivity contribution in [1.82, 2.24) is 0 Å². The molecule has 14 heavy (non-hydrogen) atoms. The fraction of sp³-hybridized carbons (Fsp3) is 0.750. The van der Waals surface area contributed by atoms with E-state index in [1.165, 1.54) is 25.0 Å². The van der Waals surface area contributed by atoms with Crippen molar-refractivity contribution in [3.63, 3.8) is 0 Å². The molecule has 0 heterocycles. The van der Waals surface area contributed by atoms with Crippen LogP contribution in [0.3, 0.4) is 0 Å². The highest BCUT2D eigenvalue weighted by atomic mass is 32.2. The van der Waals surface area contributed by atoms with Gasteiger partial charge < -0.3 is 0 Å². The molecule has 78 valence electrons. The van der Waals surface area contributed by atoms with Gasteiger partial charge in [0.25, 0.3) is 0 Å². The Labute approximate surface area is 90.3 Å². The van der Waals surface area contributed by atoms with E-state index in [1.54, 1.807) is 0 Å². The molecule has 0 spiro atoms. The van der Waals surface area contributed by atoms with Crippen LogP contribution in [0.15, 0.2) is 11.0 Å². The van der Waals surface area contributed by atoms with E-state index in [0.717, 1.165) is 5.57 Å². The van der Waals surface area contributed by atoms with Crippen LogP contribution in [-0.2, 0) is 4.79 Å². The van der Waals surface area contributed by atoms with Crippen molar-refractivity contribution in [3.05, 3.63) is 11.0 Å². The van der Waals surface area contributed by atoms with Gasteiger partial charge in [0.05, 0.1) is 0 Å². The minimum Gasteiger partial charge on any atom is -0.294 e. The molecular weight excluding hydrogens is 192 g/mol. The smallest absolute Gasteiger partial charge is 0.162 e. The average molecular weight is 210 g/mol. The van der Waals surface area contributed by atoms with Gasteiger partial charge in [0, 0.05) is 11.5 Å². The summed E-state index contributed by atoms with van der Waals surface area (Å²) in [5, 5.41) is 2.14. The Morgan fingerprint density at radius 2 is 2.36 bits per heavy atom. The third-order valence-electron chi connectivity index (χ3n) is 3.41. The largest absolute Gasteiger partial charge is 0.294 e. The standard InChI is InChI=1S/C12H18OS/c1-3-4-5-14-7-11-10-6-9(10)8(2)12(11)13/h7-10H,3-6H2,1-2H3. The van der Waals surface area contributed by atoms with Gasteiger partial charge in [-0.2, -0.15) is 0 Å². The van der Waals surface area contributed by atoms with Crippen LogP contribution in [0.4, 0.5) is 0 Å². The summed E-state index contributed by atoms with van der Waals surface area (Å²) in [5.41, 5.74) is 1.14. The Morgan fingerprint density at radius 1 is 1.57 bits per heavy atom. The van der Waals surface area contributed by atoms with Crippen molar-refractivity contribution in [2.75, 3.05) is 5.75 Å². The van der Waals surface area contributed by atoms with E-state index in [4.69, 9.17) is 0 Å². The van der Waals surface area contributed by atoms with E-state index in [-0.39, 0.29) is 0 Å². The highest BCUT2D eigenvalue weighted by Gasteiger charge is 2.54. The SMILES string of the molecule is CCCCSC=C1C(=O)C(C)C2CC12. The van der Waals surface area contributed by atoms with Gasteiger partial charge in [0.15, 0.2) is 5.78 Å². The molecule has 0 N–H and O–H groups in total. The third-order valence-corrected chi connectivity index (χ3v) is 4.35. The Balaban J connectivity index is 1.88. The molecule has 1 nitrogen and oxygen atoms in total. The fourth-order valence-corrected chi connectivity index (χ4v) is 3.33. The predicted octanol–water partition coefficient (Wildman–Crippen LogP) is 3.26. The summed E-state index contributed by atoms with van der Waals surface area (Å²) in [5.74, 6) is 3.26. The van der Waals surface area contributed by atoms with Crippen LogP contribution < -0.4 is 0 Å². The Bertz CT molecular complexity index is 269. The molecule has 0 aromatic rings. The van der Waals surface area contributed by atoms with E-state index < -0.39 is 0 Å². The zero-order chi connectivity index (χ0) is 10.1. The number of carbonyl (C=O) groups is 1. The zero-order valence-corrected chi connectivity index (χ0v) is 9.77. The average Bonchev–Trinajstić information content (AvgIpc) is 2.91. The monoisotopic (exact) mass is 210 g/mol. The highest BCUT2D eigenvalue weighted by Crippen LogP contribution is 2.56. The van der Waals surface area contributed by atoms with Crippen molar-refractivity contribution in [2.24, 2.45) is 17.8 Å². The van der Waals surface area contributed by atoms with Crippen LogP contribution >= 0.6 is 11.8 Å². The van der Waals surface area contributed by atoms with Crippen LogP contribution in [0, 0.1) is 17.8 Å². The van der Waals surface area contributed by atoms with Crippen molar-refractivity contribution in [1.29, 1.82) is 0 Å². The number of carbonyl (C=O) groups excluding carboxylic acids is 1. The van der Waals surface area contributed by atoms with Crippen LogP contribution in [0.1, 0.15) is 33.1 Å². The molecule has 2 aliphatic carbocycles. The lowest BCUT2D eigenvalue weighted by molar-refractivity contribution is -0.118. The summed E-state index contributed by atoms with van der Waals surface area (Å²) >= 11 is 1.83. The summed E-state index contributed by atoms with van der Waals surface area (Å²) in [7, 11) is 0. The van der Waals surface area contributed by atoms with Gasteiger partial charge in [0.1, 0.15) is 0 Å². The van der Waals surface area contributed by atoms with Gasteiger partial charge in [-0.25, -0.2) is 0 Å². The minimum atomic E-state index is 0.318. The summed E-state index contributed by atoms with van der Waals surface area (Å²) in [4.78, 5) is 11.7. The second kappa shape index (κ2) is 4.09. The van der Waals surface area contributed by atoms with Gasteiger partial charge in [-0.1, -0.05) is 20.3 Å². The maximum Gasteiger partial charge on any atom is 0.162 e. The molecule has 2 rings (SSSR count). The van der Waals surface area contributed by atoms with Crippen molar-refractivity contribution in [3.8, 4) is 0 Å². The molecule has 2 saturated carbocycles. The number of hydrogen-bond donors (Lipinski definition) is 0. The molecule has 0 bridgehead atoms. The summed E-state index contributed by atoms with van der Waals surface area (Å²) < 4.78 is 0. The van der Waals surface area contributed by atoms with E-state index in [0.29, 0.717) is 23.5 Å². The number of thioether (sulfide) groups is 1. The molecule has 0 aliphatic heterocycles. The summed E-state index contributed by atoms with van der Waals surface area (Å²) in [6, 6.07) is 0.